The molecule has 1 aromatic heterocycles. The van der Waals surface area contributed by atoms with E-state index in [-0.39, 0.29) is 18.8 Å². The summed E-state index contributed by atoms with van der Waals surface area (Å²) < 4.78 is 37.9. The molecule has 15 nitrogen and oxygen atoms in total. The fourth-order valence-electron chi connectivity index (χ4n) is 2.45. The lowest BCUT2D eigenvalue weighted by Gasteiger charge is -2.32. The summed E-state index contributed by atoms with van der Waals surface area (Å²) >= 11 is 0. The van der Waals surface area contributed by atoms with Gasteiger partial charge in [0.25, 0.3) is 7.82 Å². The van der Waals surface area contributed by atoms with Gasteiger partial charge in [0.1, 0.15) is 31.7 Å². The molecule has 2 heterocycles. The number of nitrogens with one attached hydrogen (secondary N) is 1. The molecule has 6 atom stereocenters. The van der Waals surface area contributed by atoms with Gasteiger partial charge in [0, 0.05) is 18.9 Å². The van der Waals surface area contributed by atoms with Crippen LogP contribution in [0, 0.1) is 0 Å². The summed E-state index contributed by atoms with van der Waals surface area (Å²) in [4.78, 5) is 38.6. The Balaban J connectivity index is 1.98. The Morgan fingerprint density at radius 3 is 2.66 bits per heavy atom. The molecule has 2 rings (SSSR count). The molecule has 0 bridgehead atoms. The maximum atomic E-state index is 11.8. The first-order valence-electron chi connectivity index (χ1n) is 8.16. The smallest absolute Gasteiger partial charge is 0.351 e. The van der Waals surface area contributed by atoms with Gasteiger partial charge in [-0.3, -0.25) is 13.4 Å². The predicted octanol–water partition coefficient (Wildman–Crippen LogP) is -3.13. The highest BCUT2D eigenvalue weighted by Crippen LogP contribution is 2.55. The van der Waals surface area contributed by atoms with Crippen LogP contribution < -0.4 is 26.7 Å². The molecule has 0 aromatic carbocycles. The summed E-state index contributed by atoms with van der Waals surface area (Å²) in [5.74, 6) is -0.0829. The molecule has 0 saturated carbocycles. The van der Waals surface area contributed by atoms with E-state index in [2.05, 4.69) is 13.8 Å². The number of nitrogens with zero attached hydrogens (tertiary/aromatic N) is 2. The Hall–Kier alpha value is -1.22. The van der Waals surface area contributed by atoms with Crippen LogP contribution in [0.4, 0.5) is 5.82 Å². The lowest BCUT2D eigenvalue weighted by atomic mass is 10.1. The fourth-order valence-corrected chi connectivity index (χ4v) is 5.06. The molecule has 166 valence electrons. The van der Waals surface area contributed by atoms with Gasteiger partial charge in [-0.15, -0.1) is 0 Å². The highest BCUT2D eigenvalue weighted by molar-refractivity contribution is 7.62. The summed E-state index contributed by atoms with van der Waals surface area (Å²) in [7, 11) is -10.2. The third-order valence-corrected chi connectivity index (χ3v) is 6.93. The zero-order valence-electron chi connectivity index (χ0n) is 14.8. The summed E-state index contributed by atoms with van der Waals surface area (Å²) in [5.41, 5.74) is 6.18. The van der Waals surface area contributed by atoms with Crippen LogP contribution in [-0.4, -0.2) is 62.6 Å². The van der Waals surface area contributed by atoms with Gasteiger partial charge in [0.05, 0.1) is 6.61 Å². The van der Waals surface area contributed by atoms with Gasteiger partial charge >= 0.3 is 5.69 Å². The largest absolute Gasteiger partial charge is 0.778 e. The second-order valence-corrected chi connectivity index (χ2v) is 9.48. The Morgan fingerprint density at radius 2 is 2.03 bits per heavy atom. The van der Waals surface area contributed by atoms with Crippen molar-refractivity contribution in [2.45, 2.75) is 31.0 Å². The maximum Gasteiger partial charge on any atom is 0.351 e. The second kappa shape index (κ2) is 9.73. The van der Waals surface area contributed by atoms with Crippen molar-refractivity contribution in [3.8, 4) is 0 Å². The van der Waals surface area contributed by atoms with Crippen LogP contribution in [0.2, 0.25) is 0 Å². The number of aliphatic hydroxyl groups is 2. The van der Waals surface area contributed by atoms with Crippen molar-refractivity contribution in [3.63, 3.8) is 0 Å². The number of rotatable bonds is 10. The van der Waals surface area contributed by atoms with E-state index in [1.54, 1.807) is 5.48 Å². The van der Waals surface area contributed by atoms with Crippen molar-refractivity contribution in [1.29, 1.82) is 0 Å². The normalized spacial score (nSPS) is 28.7. The van der Waals surface area contributed by atoms with Gasteiger partial charge in [-0.25, -0.2) is 10.3 Å². The van der Waals surface area contributed by atoms with Crippen LogP contribution >= 0.6 is 15.4 Å². The first-order valence-corrected chi connectivity index (χ1v) is 11.3. The molecule has 1 aromatic rings. The summed E-state index contributed by atoms with van der Waals surface area (Å²) in [5, 5.41) is 28.4. The fraction of sp³-hybridized carbons (Fsp3) is 0.667. The quantitative estimate of drug-likeness (QED) is 0.132. The standard InChI is InChI=1S/C12H22N4O11P2/c13-8-2-4-16(12(19)15-8)11-10(18)9(17)7(26-11)6-25-29(23,24)27-28(21,22)5-1-3-14-20/h2,4,7,9-11,14,17-18,20H,1,3,5-6H2,(H,21,22)(H,23,24)(H2,13,15,19)/p-2/t7-,9-,10-,11-/m1/s1. The number of phosphoric ester groups is 1. The van der Waals surface area contributed by atoms with E-state index < -0.39 is 58.4 Å². The molecule has 1 aliphatic rings. The number of hydrogen-bond donors (Lipinski definition) is 5. The van der Waals surface area contributed by atoms with Crippen molar-refractivity contribution in [2.24, 2.45) is 0 Å². The molecule has 29 heavy (non-hydrogen) atoms. The minimum absolute atomic E-state index is 0.0829. The van der Waals surface area contributed by atoms with E-state index in [1.807, 2.05) is 0 Å². The van der Waals surface area contributed by atoms with E-state index >= 15 is 0 Å². The number of nitrogen functional groups attached to an aromatic ring is 1. The van der Waals surface area contributed by atoms with Crippen LogP contribution in [0.3, 0.4) is 0 Å². The molecule has 1 aliphatic heterocycles. The van der Waals surface area contributed by atoms with Crippen molar-refractivity contribution in [2.75, 3.05) is 25.0 Å². The molecule has 6 N–H and O–H groups in total. The molecule has 1 fully saturated rings. The van der Waals surface area contributed by atoms with Crippen molar-refractivity contribution < 1.29 is 47.9 Å². The second-order valence-electron chi connectivity index (χ2n) is 6.01. The van der Waals surface area contributed by atoms with Crippen LogP contribution in [-0.2, 0) is 22.7 Å². The van der Waals surface area contributed by atoms with Crippen molar-refractivity contribution in [3.05, 3.63) is 22.7 Å². The molecule has 0 radical (unpaired) electrons. The number of aliphatic hydroxyl groups excluding tert-OH is 2. The average Bonchev–Trinajstić information content (AvgIpc) is 2.87. The van der Waals surface area contributed by atoms with E-state index in [9.17, 15) is 33.9 Å². The van der Waals surface area contributed by atoms with Crippen molar-refractivity contribution >= 4 is 21.2 Å². The molecule has 0 spiro atoms. The number of ether oxygens (including phenoxy) is 1. The summed E-state index contributed by atoms with van der Waals surface area (Å²) in [6.07, 6.45) is -5.82. The average molecular weight is 458 g/mol. The number of hydroxylamine groups is 1. The van der Waals surface area contributed by atoms with Gasteiger partial charge in [-0.1, -0.05) is 0 Å². The lowest BCUT2D eigenvalue weighted by molar-refractivity contribution is -0.233. The number of nitrogens with two attached hydrogens (primary N) is 1. The minimum atomic E-state index is -5.35. The van der Waals surface area contributed by atoms with Crippen LogP contribution in [0.15, 0.2) is 17.1 Å². The third-order valence-electron chi connectivity index (χ3n) is 3.80. The highest BCUT2D eigenvalue weighted by Gasteiger charge is 2.44. The number of aromatic nitrogens is 2. The monoisotopic (exact) mass is 458 g/mol. The van der Waals surface area contributed by atoms with Crippen molar-refractivity contribution in [1.82, 2.24) is 15.0 Å². The Labute approximate surface area is 163 Å². The van der Waals surface area contributed by atoms with E-state index in [4.69, 9.17) is 15.7 Å². The zero-order valence-corrected chi connectivity index (χ0v) is 16.6. The minimum Gasteiger partial charge on any atom is -0.778 e. The molecular weight excluding hydrogens is 438 g/mol. The van der Waals surface area contributed by atoms with E-state index in [0.29, 0.717) is 0 Å². The molecular formula is C12H20N4O11P2-2. The lowest BCUT2D eigenvalue weighted by Crippen LogP contribution is -2.36. The molecule has 1 saturated heterocycles. The van der Waals surface area contributed by atoms with E-state index in [1.165, 1.54) is 6.07 Å². The Bertz CT molecular complexity index is 851. The van der Waals surface area contributed by atoms with Crippen LogP contribution in [0.25, 0.3) is 0 Å². The molecule has 0 aliphatic carbocycles. The SMILES string of the molecule is Nc1ccn([C@@H]2O[C@H](COP(=O)([O-])OP(=O)([O-])CCCNO)[C@@H](O)[C@H]2O)c(=O)n1. The predicted molar refractivity (Wildman–Crippen MR) is 90.4 cm³/mol. The first-order chi connectivity index (χ1) is 13.5. The summed E-state index contributed by atoms with van der Waals surface area (Å²) in [6.45, 7) is -1.01. The van der Waals surface area contributed by atoms with Crippen LogP contribution in [0.1, 0.15) is 12.6 Å². The molecule has 2 unspecified atom stereocenters. The number of hydrogen-bond acceptors (Lipinski definition) is 14. The topological polar surface area (TPSA) is 242 Å². The van der Waals surface area contributed by atoms with Crippen LogP contribution in [0.5, 0.6) is 0 Å². The van der Waals surface area contributed by atoms with Gasteiger partial charge < -0.3 is 44.8 Å². The Morgan fingerprint density at radius 1 is 1.34 bits per heavy atom. The third kappa shape index (κ3) is 6.64. The van der Waals surface area contributed by atoms with Gasteiger partial charge in [-0.05, 0) is 12.5 Å². The van der Waals surface area contributed by atoms with Gasteiger partial charge in [-0.2, -0.15) is 4.98 Å². The maximum absolute atomic E-state index is 11.8. The van der Waals surface area contributed by atoms with E-state index in [0.717, 1.165) is 10.8 Å². The summed E-state index contributed by atoms with van der Waals surface area (Å²) in [6, 6.07) is 1.24. The molecule has 0 amide bonds. The molecule has 17 heteroatoms. The highest BCUT2D eigenvalue weighted by atomic mass is 31.3. The zero-order chi connectivity index (χ0) is 21.8. The number of anilines is 1. The Kier molecular flexibility index (Phi) is 8.07. The first kappa shape index (κ1) is 24.1. The van der Waals surface area contributed by atoms with Gasteiger partial charge in [0.15, 0.2) is 6.23 Å². The van der Waals surface area contributed by atoms with Gasteiger partial charge in [0.2, 0.25) is 0 Å². The number of phosphoric acid groups is 1.